The third-order valence-corrected chi connectivity index (χ3v) is 3.27. The minimum absolute atomic E-state index is 0.0590. The quantitative estimate of drug-likeness (QED) is 0.444. The highest BCUT2D eigenvalue weighted by Gasteiger charge is 2.28. The third-order valence-electron chi connectivity index (χ3n) is 3.27. The van der Waals surface area contributed by atoms with Crippen LogP contribution >= 0.6 is 0 Å². The van der Waals surface area contributed by atoms with Gasteiger partial charge in [0.25, 0.3) is 5.69 Å². The SMILES string of the molecule is O=CC(c1cccc([N+](=O)[O-])c1)C1CCC1. The molecule has 0 N–H and O–H groups in total. The van der Waals surface area contributed by atoms with Crippen molar-refractivity contribution in [1.29, 1.82) is 0 Å². The molecule has 84 valence electrons. The van der Waals surface area contributed by atoms with Gasteiger partial charge in [-0.1, -0.05) is 18.6 Å². The Balaban J connectivity index is 2.26. The van der Waals surface area contributed by atoms with E-state index in [1.165, 1.54) is 12.1 Å². The summed E-state index contributed by atoms with van der Waals surface area (Å²) in [5.74, 6) is 0.202. The first-order valence-electron chi connectivity index (χ1n) is 5.42. The zero-order chi connectivity index (χ0) is 11.5. The topological polar surface area (TPSA) is 60.2 Å². The number of rotatable bonds is 4. The van der Waals surface area contributed by atoms with Crippen molar-refractivity contribution in [3.8, 4) is 0 Å². The van der Waals surface area contributed by atoms with Gasteiger partial charge >= 0.3 is 0 Å². The highest BCUT2D eigenvalue weighted by Crippen LogP contribution is 2.38. The normalized spacial score (nSPS) is 17.5. The summed E-state index contributed by atoms with van der Waals surface area (Å²) in [6.45, 7) is 0. The molecule has 0 aliphatic heterocycles. The molecular weight excluding hydrogens is 206 g/mol. The molecular formula is C12H13NO3. The van der Waals surface area contributed by atoms with Crippen LogP contribution in [-0.4, -0.2) is 11.2 Å². The number of non-ortho nitro benzene ring substituents is 1. The highest BCUT2D eigenvalue weighted by atomic mass is 16.6. The molecule has 0 radical (unpaired) electrons. The van der Waals surface area contributed by atoms with E-state index in [9.17, 15) is 14.9 Å². The summed E-state index contributed by atoms with van der Waals surface area (Å²) in [7, 11) is 0. The fourth-order valence-electron chi connectivity index (χ4n) is 2.11. The van der Waals surface area contributed by atoms with Crippen molar-refractivity contribution in [3.05, 3.63) is 39.9 Å². The molecule has 1 unspecified atom stereocenters. The van der Waals surface area contributed by atoms with E-state index in [1.54, 1.807) is 12.1 Å². The summed E-state index contributed by atoms with van der Waals surface area (Å²) in [6.07, 6.45) is 4.17. The summed E-state index contributed by atoms with van der Waals surface area (Å²) in [5.41, 5.74) is 0.831. The molecule has 0 aromatic heterocycles. The largest absolute Gasteiger partial charge is 0.303 e. The number of carbonyl (C=O) groups is 1. The lowest BCUT2D eigenvalue weighted by Gasteiger charge is -2.30. The second kappa shape index (κ2) is 4.43. The van der Waals surface area contributed by atoms with E-state index in [4.69, 9.17) is 0 Å². The van der Waals surface area contributed by atoms with Crippen LogP contribution in [0, 0.1) is 16.0 Å². The van der Waals surface area contributed by atoms with Crippen molar-refractivity contribution < 1.29 is 9.72 Å². The fraction of sp³-hybridized carbons (Fsp3) is 0.417. The third kappa shape index (κ3) is 1.96. The van der Waals surface area contributed by atoms with Gasteiger partial charge in [-0.25, -0.2) is 0 Å². The van der Waals surface area contributed by atoms with Gasteiger partial charge in [-0.3, -0.25) is 10.1 Å². The van der Waals surface area contributed by atoms with Crippen molar-refractivity contribution >= 4 is 12.0 Å². The minimum Gasteiger partial charge on any atom is -0.303 e. The molecule has 0 amide bonds. The second-order valence-corrected chi connectivity index (χ2v) is 4.20. The van der Waals surface area contributed by atoms with Crippen molar-refractivity contribution in [2.75, 3.05) is 0 Å². The number of hydrogen-bond acceptors (Lipinski definition) is 3. The highest BCUT2D eigenvalue weighted by molar-refractivity contribution is 5.63. The summed E-state index contributed by atoms with van der Waals surface area (Å²) in [5, 5.41) is 10.6. The zero-order valence-corrected chi connectivity index (χ0v) is 8.83. The number of aldehydes is 1. The van der Waals surface area contributed by atoms with Gasteiger partial charge in [0.15, 0.2) is 0 Å². The van der Waals surface area contributed by atoms with E-state index in [-0.39, 0.29) is 11.6 Å². The summed E-state index contributed by atoms with van der Waals surface area (Å²) in [4.78, 5) is 21.3. The Hall–Kier alpha value is -1.71. The lowest BCUT2D eigenvalue weighted by atomic mass is 9.74. The molecule has 16 heavy (non-hydrogen) atoms. The Morgan fingerprint density at radius 2 is 2.19 bits per heavy atom. The average Bonchev–Trinajstić information content (AvgIpc) is 2.23. The van der Waals surface area contributed by atoms with Crippen LogP contribution < -0.4 is 0 Å². The Bertz CT molecular complexity index is 412. The van der Waals surface area contributed by atoms with E-state index >= 15 is 0 Å². The predicted octanol–water partition coefficient (Wildman–Crippen LogP) is 2.68. The molecule has 4 nitrogen and oxygen atoms in total. The Morgan fingerprint density at radius 3 is 2.69 bits per heavy atom. The van der Waals surface area contributed by atoms with Crippen LogP contribution in [0.15, 0.2) is 24.3 Å². The first kappa shape index (κ1) is 10.8. The second-order valence-electron chi connectivity index (χ2n) is 4.20. The summed E-state index contributed by atoms with van der Waals surface area (Å²) >= 11 is 0. The van der Waals surface area contributed by atoms with Gasteiger partial charge in [-0.2, -0.15) is 0 Å². The van der Waals surface area contributed by atoms with Gasteiger partial charge in [-0.05, 0) is 24.3 Å². The number of nitro benzene ring substituents is 1. The van der Waals surface area contributed by atoms with Crippen LogP contribution in [0.1, 0.15) is 30.7 Å². The van der Waals surface area contributed by atoms with Crippen LogP contribution in [0.5, 0.6) is 0 Å². The van der Waals surface area contributed by atoms with Crippen LogP contribution in [0.4, 0.5) is 5.69 Å². The Morgan fingerprint density at radius 1 is 1.44 bits per heavy atom. The monoisotopic (exact) mass is 219 g/mol. The maximum Gasteiger partial charge on any atom is 0.269 e. The number of carbonyl (C=O) groups excluding carboxylic acids is 1. The molecule has 4 heteroatoms. The van der Waals surface area contributed by atoms with Gasteiger partial charge in [0.05, 0.1) is 4.92 Å². The molecule has 2 rings (SSSR count). The molecule has 1 aliphatic carbocycles. The Kier molecular flexibility index (Phi) is 2.99. The van der Waals surface area contributed by atoms with Gasteiger partial charge in [0.2, 0.25) is 0 Å². The van der Waals surface area contributed by atoms with E-state index < -0.39 is 4.92 Å². The molecule has 1 fully saturated rings. The van der Waals surface area contributed by atoms with Crippen molar-refractivity contribution in [2.24, 2.45) is 5.92 Å². The number of nitrogens with zero attached hydrogens (tertiary/aromatic N) is 1. The molecule has 0 bridgehead atoms. The Labute approximate surface area is 93.4 Å². The van der Waals surface area contributed by atoms with Crippen LogP contribution in [0.3, 0.4) is 0 Å². The van der Waals surface area contributed by atoms with E-state index in [0.29, 0.717) is 5.92 Å². The molecule has 1 aromatic rings. The predicted molar refractivity (Wildman–Crippen MR) is 59.2 cm³/mol. The maximum atomic E-state index is 11.1. The van der Waals surface area contributed by atoms with Crippen LogP contribution in [0.2, 0.25) is 0 Å². The smallest absolute Gasteiger partial charge is 0.269 e. The molecule has 0 spiro atoms. The average molecular weight is 219 g/mol. The molecule has 1 aromatic carbocycles. The molecule has 1 saturated carbocycles. The summed E-state index contributed by atoms with van der Waals surface area (Å²) < 4.78 is 0. The molecule has 0 saturated heterocycles. The maximum absolute atomic E-state index is 11.1. The van der Waals surface area contributed by atoms with Gasteiger partial charge in [0, 0.05) is 18.1 Å². The minimum atomic E-state index is -0.424. The molecule has 1 aliphatic rings. The standard InChI is InChI=1S/C12H13NO3/c14-8-12(9-3-1-4-9)10-5-2-6-11(7-10)13(15)16/h2,5-9,12H,1,3-4H2. The number of hydrogen-bond donors (Lipinski definition) is 0. The lowest BCUT2D eigenvalue weighted by molar-refractivity contribution is -0.384. The van der Waals surface area contributed by atoms with Crippen LogP contribution in [0.25, 0.3) is 0 Å². The summed E-state index contributed by atoms with van der Waals surface area (Å²) in [6, 6.07) is 6.40. The number of benzene rings is 1. The van der Waals surface area contributed by atoms with Crippen molar-refractivity contribution in [2.45, 2.75) is 25.2 Å². The first-order valence-corrected chi connectivity index (χ1v) is 5.42. The van der Waals surface area contributed by atoms with Gasteiger partial charge < -0.3 is 4.79 Å². The van der Waals surface area contributed by atoms with Gasteiger partial charge in [-0.15, -0.1) is 0 Å². The fourth-order valence-corrected chi connectivity index (χ4v) is 2.11. The van der Waals surface area contributed by atoms with E-state index in [2.05, 4.69) is 0 Å². The lowest BCUT2D eigenvalue weighted by Crippen LogP contribution is -2.21. The van der Waals surface area contributed by atoms with E-state index in [0.717, 1.165) is 31.1 Å². The first-order chi connectivity index (χ1) is 7.72. The number of nitro groups is 1. The van der Waals surface area contributed by atoms with Crippen LogP contribution in [-0.2, 0) is 4.79 Å². The van der Waals surface area contributed by atoms with Crippen molar-refractivity contribution in [3.63, 3.8) is 0 Å². The van der Waals surface area contributed by atoms with Crippen molar-refractivity contribution in [1.82, 2.24) is 0 Å². The van der Waals surface area contributed by atoms with E-state index in [1.807, 2.05) is 0 Å². The molecule has 0 heterocycles. The van der Waals surface area contributed by atoms with Gasteiger partial charge in [0.1, 0.15) is 6.29 Å². The zero-order valence-electron chi connectivity index (χ0n) is 8.83. The molecule has 1 atom stereocenters.